The number of hydrogen-bond acceptors (Lipinski definition) is 3. The van der Waals surface area contributed by atoms with Crippen molar-refractivity contribution in [2.75, 3.05) is 16.2 Å². The number of halogens is 1. The van der Waals surface area contributed by atoms with Crippen LogP contribution in [-0.4, -0.2) is 14.2 Å². The average molecular weight is 286 g/mol. The molecular formula is C13H19FN2O2S. The first kappa shape index (κ1) is 14.1. The van der Waals surface area contributed by atoms with Gasteiger partial charge in [-0.3, -0.25) is 4.72 Å². The number of benzene rings is 1. The third-order valence-electron chi connectivity index (χ3n) is 3.46. The number of sulfonamides is 1. The van der Waals surface area contributed by atoms with Crippen LogP contribution < -0.4 is 10.5 Å². The van der Waals surface area contributed by atoms with Gasteiger partial charge in [0, 0.05) is 6.07 Å². The van der Waals surface area contributed by atoms with Gasteiger partial charge in [0.15, 0.2) is 0 Å². The van der Waals surface area contributed by atoms with Gasteiger partial charge in [-0.2, -0.15) is 0 Å². The molecule has 1 aromatic carbocycles. The molecule has 1 saturated carbocycles. The number of nitrogens with one attached hydrogen (secondary N) is 1. The zero-order valence-electron chi connectivity index (χ0n) is 10.7. The molecule has 0 unspecified atom stereocenters. The van der Waals surface area contributed by atoms with Crippen LogP contribution >= 0.6 is 0 Å². The predicted octanol–water partition coefficient (Wildman–Crippen LogP) is 2.73. The van der Waals surface area contributed by atoms with E-state index in [0.29, 0.717) is 0 Å². The summed E-state index contributed by atoms with van der Waals surface area (Å²) < 4.78 is 39.6. The fraction of sp³-hybridized carbons (Fsp3) is 0.538. The lowest BCUT2D eigenvalue weighted by atomic mass is 9.91. The molecule has 4 nitrogen and oxygen atoms in total. The lowest BCUT2D eigenvalue weighted by Crippen LogP contribution is -2.24. The molecule has 0 aliphatic heterocycles. The number of nitrogens with two attached hydrogens (primary N) is 1. The summed E-state index contributed by atoms with van der Waals surface area (Å²) in [7, 11) is -3.47. The fourth-order valence-electron chi connectivity index (χ4n) is 2.49. The maximum absolute atomic E-state index is 13.1. The van der Waals surface area contributed by atoms with E-state index in [9.17, 15) is 12.8 Å². The highest BCUT2D eigenvalue weighted by Crippen LogP contribution is 2.26. The maximum atomic E-state index is 13.1. The molecule has 3 N–H and O–H groups in total. The molecule has 1 aromatic rings. The van der Waals surface area contributed by atoms with Crippen LogP contribution in [0.2, 0.25) is 0 Å². The second-order valence-corrected chi connectivity index (χ2v) is 6.89. The van der Waals surface area contributed by atoms with Gasteiger partial charge in [0.05, 0.1) is 17.1 Å². The van der Waals surface area contributed by atoms with Gasteiger partial charge >= 0.3 is 0 Å². The summed E-state index contributed by atoms with van der Waals surface area (Å²) in [5, 5.41) is 0. The van der Waals surface area contributed by atoms with Gasteiger partial charge in [0.2, 0.25) is 10.0 Å². The monoisotopic (exact) mass is 286 g/mol. The Bertz CT molecular complexity index is 540. The molecule has 0 radical (unpaired) electrons. The van der Waals surface area contributed by atoms with Gasteiger partial charge in [-0.25, -0.2) is 12.8 Å². The van der Waals surface area contributed by atoms with Crippen LogP contribution in [0.25, 0.3) is 0 Å². The highest BCUT2D eigenvalue weighted by atomic mass is 32.2. The quantitative estimate of drug-likeness (QED) is 0.836. The third-order valence-corrected chi connectivity index (χ3v) is 4.90. The lowest BCUT2D eigenvalue weighted by molar-refractivity contribution is 0.385. The summed E-state index contributed by atoms with van der Waals surface area (Å²) in [6.07, 6.45) is 5.24. The van der Waals surface area contributed by atoms with Crippen molar-refractivity contribution in [1.29, 1.82) is 0 Å². The zero-order valence-corrected chi connectivity index (χ0v) is 11.5. The second kappa shape index (κ2) is 5.77. The van der Waals surface area contributed by atoms with Gasteiger partial charge in [-0.05, 0) is 30.9 Å². The minimum absolute atomic E-state index is 0.0863. The molecule has 0 atom stereocenters. The van der Waals surface area contributed by atoms with Gasteiger partial charge in [0.1, 0.15) is 5.82 Å². The van der Waals surface area contributed by atoms with Crippen molar-refractivity contribution in [1.82, 2.24) is 0 Å². The van der Waals surface area contributed by atoms with Crippen molar-refractivity contribution in [2.24, 2.45) is 5.92 Å². The van der Waals surface area contributed by atoms with Crippen LogP contribution in [0.5, 0.6) is 0 Å². The smallest absolute Gasteiger partial charge is 0.233 e. The Kier molecular flexibility index (Phi) is 4.29. The van der Waals surface area contributed by atoms with E-state index >= 15 is 0 Å². The van der Waals surface area contributed by atoms with Crippen LogP contribution in [-0.2, 0) is 10.0 Å². The van der Waals surface area contributed by atoms with Gasteiger partial charge in [-0.15, -0.1) is 0 Å². The Hall–Kier alpha value is -1.30. The Morgan fingerprint density at radius 1 is 1.26 bits per heavy atom. The zero-order chi connectivity index (χ0) is 13.9. The standard InChI is InChI=1S/C13H19FN2O2S/c14-11-6-7-12(15)13(8-11)16-19(17,18)9-10-4-2-1-3-5-10/h6-8,10,16H,1-5,9,15H2. The maximum Gasteiger partial charge on any atom is 0.233 e. The van der Waals surface area contributed by atoms with Gasteiger partial charge in [0.25, 0.3) is 0 Å². The molecule has 0 heterocycles. The third kappa shape index (κ3) is 4.09. The largest absolute Gasteiger partial charge is 0.397 e. The molecule has 6 heteroatoms. The first-order valence-corrected chi connectivity index (χ1v) is 8.17. The number of hydrogen-bond donors (Lipinski definition) is 2. The van der Waals surface area contributed by atoms with E-state index in [1.165, 1.54) is 18.6 Å². The highest BCUT2D eigenvalue weighted by Gasteiger charge is 2.21. The summed E-state index contributed by atoms with van der Waals surface area (Å²) in [5.74, 6) is -0.228. The minimum Gasteiger partial charge on any atom is -0.397 e. The first-order valence-electron chi connectivity index (χ1n) is 6.52. The summed E-state index contributed by atoms with van der Waals surface area (Å²) in [6, 6.07) is 3.66. The van der Waals surface area contributed by atoms with Gasteiger partial charge < -0.3 is 5.73 Å². The minimum atomic E-state index is -3.47. The molecule has 0 amide bonds. The van der Waals surface area contributed by atoms with Crippen molar-refractivity contribution < 1.29 is 12.8 Å². The van der Waals surface area contributed by atoms with E-state index in [2.05, 4.69) is 4.72 Å². The van der Waals surface area contributed by atoms with Crippen LogP contribution in [0.1, 0.15) is 32.1 Å². The number of nitrogen functional groups attached to an aromatic ring is 1. The molecule has 106 valence electrons. The molecule has 0 saturated heterocycles. The van der Waals surface area contributed by atoms with Crippen LogP contribution in [0.15, 0.2) is 18.2 Å². The van der Waals surface area contributed by atoms with Crippen molar-refractivity contribution in [3.05, 3.63) is 24.0 Å². The van der Waals surface area contributed by atoms with E-state index < -0.39 is 15.8 Å². The summed E-state index contributed by atoms with van der Waals surface area (Å²) in [5.41, 5.74) is 5.99. The summed E-state index contributed by atoms with van der Waals surface area (Å²) >= 11 is 0. The van der Waals surface area contributed by atoms with E-state index in [1.807, 2.05) is 0 Å². The molecular weight excluding hydrogens is 267 g/mol. The second-order valence-electron chi connectivity index (χ2n) is 5.12. The molecule has 0 spiro atoms. The molecule has 2 rings (SSSR count). The molecule has 19 heavy (non-hydrogen) atoms. The lowest BCUT2D eigenvalue weighted by Gasteiger charge is -2.21. The summed E-state index contributed by atoms with van der Waals surface area (Å²) in [4.78, 5) is 0. The summed E-state index contributed by atoms with van der Waals surface area (Å²) in [6.45, 7) is 0. The van der Waals surface area contributed by atoms with Crippen molar-refractivity contribution in [3.63, 3.8) is 0 Å². The highest BCUT2D eigenvalue weighted by molar-refractivity contribution is 7.92. The van der Waals surface area contributed by atoms with E-state index in [0.717, 1.165) is 31.7 Å². The van der Waals surface area contributed by atoms with Gasteiger partial charge in [-0.1, -0.05) is 19.3 Å². The SMILES string of the molecule is Nc1ccc(F)cc1NS(=O)(=O)CC1CCCCC1. The number of anilines is 2. The molecule has 0 bridgehead atoms. The molecule has 0 aromatic heterocycles. The number of rotatable bonds is 4. The van der Waals surface area contributed by atoms with Crippen LogP contribution in [0.4, 0.5) is 15.8 Å². The van der Waals surface area contributed by atoms with E-state index in [-0.39, 0.29) is 23.0 Å². The van der Waals surface area contributed by atoms with Crippen molar-refractivity contribution >= 4 is 21.4 Å². The normalized spacial score (nSPS) is 17.3. The van der Waals surface area contributed by atoms with Crippen molar-refractivity contribution in [3.8, 4) is 0 Å². The Morgan fingerprint density at radius 2 is 1.95 bits per heavy atom. The molecule has 1 aliphatic carbocycles. The Morgan fingerprint density at radius 3 is 2.63 bits per heavy atom. The first-order chi connectivity index (χ1) is 8.96. The topological polar surface area (TPSA) is 72.2 Å². The molecule has 1 fully saturated rings. The van der Waals surface area contributed by atoms with E-state index in [4.69, 9.17) is 5.73 Å². The predicted molar refractivity (Wildman–Crippen MR) is 74.8 cm³/mol. The Balaban J connectivity index is 2.05. The van der Waals surface area contributed by atoms with Crippen molar-refractivity contribution in [2.45, 2.75) is 32.1 Å². The van der Waals surface area contributed by atoms with E-state index in [1.54, 1.807) is 0 Å². The van der Waals surface area contributed by atoms with Crippen LogP contribution in [0, 0.1) is 11.7 Å². The Labute approximate surface area is 113 Å². The fourth-order valence-corrected chi connectivity index (χ4v) is 4.04. The van der Waals surface area contributed by atoms with Crippen LogP contribution in [0.3, 0.4) is 0 Å². The molecule has 1 aliphatic rings. The average Bonchev–Trinajstić information content (AvgIpc) is 2.34.